The lowest BCUT2D eigenvalue weighted by atomic mass is 10.1. The molecule has 0 spiro atoms. The molecule has 0 aliphatic heterocycles. The van der Waals surface area contributed by atoms with Gasteiger partial charge >= 0.3 is 0 Å². The van der Waals surface area contributed by atoms with E-state index < -0.39 is 15.8 Å². The predicted molar refractivity (Wildman–Crippen MR) is 71.6 cm³/mol. The lowest BCUT2D eigenvalue weighted by Gasteiger charge is -2.10. The first-order valence-corrected chi connectivity index (χ1v) is 7.39. The summed E-state index contributed by atoms with van der Waals surface area (Å²) in [6, 6.07) is 2.52. The Bertz CT molecular complexity index is 698. The van der Waals surface area contributed by atoms with Crippen molar-refractivity contribution in [2.24, 2.45) is 5.73 Å². The maximum absolute atomic E-state index is 13.7. The number of aromatic nitrogens is 2. The number of aryl methyl sites for hydroxylation is 1. The van der Waals surface area contributed by atoms with Crippen molar-refractivity contribution in [3.8, 4) is 0 Å². The standard InChI is InChI=1S/C12H15FN4O2S/c1-8-4-10(5-9(6-14)12(8)13)20(18,19)17-7-11-15-2-3-16-11/h2-5,17H,6-7,14H2,1H3,(H,15,16). The number of sulfonamides is 1. The van der Waals surface area contributed by atoms with Crippen LogP contribution in [0.25, 0.3) is 0 Å². The quantitative estimate of drug-likeness (QED) is 0.759. The number of benzene rings is 1. The summed E-state index contributed by atoms with van der Waals surface area (Å²) in [5.74, 6) is 0.0175. The summed E-state index contributed by atoms with van der Waals surface area (Å²) in [5.41, 5.74) is 5.82. The zero-order chi connectivity index (χ0) is 14.8. The molecule has 20 heavy (non-hydrogen) atoms. The fraction of sp³-hybridized carbons (Fsp3) is 0.250. The molecule has 0 saturated heterocycles. The molecule has 0 fully saturated rings. The van der Waals surface area contributed by atoms with E-state index in [1.807, 2.05) is 0 Å². The highest BCUT2D eigenvalue weighted by atomic mass is 32.2. The molecule has 0 saturated carbocycles. The molecule has 0 atom stereocenters. The van der Waals surface area contributed by atoms with Crippen LogP contribution in [-0.2, 0) is 23.1 Å². The van der Waals surface area contributed by atoms with Gasteiger partial charge in [0.1, 0.15) is 11.6 Å². The second-order valence-corrected chi connectivity index (χ2v) is 6.04. The molecule has 1 aromatic heterocycles. The van der Waals surface area contributed by atoms with E-state index in [0.29, 0.717) is 5.82 Å². The molecule has 108 valence electrons. The van der Waals surface area contributed by atoms with Crippen LogP contribution in [0, 0.1) is 12.7 Å². The Balaban J connectivity index is 2.27. The van der Waals surface area contributed by atoms with Crippen LogP contribution in [0.4, 0.5) is 4.39 Å². The van der Waals surface area contributed by atoms with Gasteiger partial charge in [-0.3, -0.25) is 0 Å². The number of imidazole rings is 1. The molecule has 6 nitrogen and oxygen atoms in total. The molecular weight excluding hydrogens is 283 g/mol. The highest BCUT2D eigenvalue weighted by molar-refractivity contribution is 7.89. The number of nitrogens with zero attached hydrogens (tertiary/aromatic N) is 1. The number of hydrogen-bond acceptors (Lipinski definition) is 4. The van der Waals surface area contributed by atoms with Crippen molar-refractivity contribution < 1.29 is 12.8 Å². The Kier molecular flexibility index (Phi) is 4.17. The van der Waals surface area contributed by atoms with Crippen molar-refractivity contribution in [3.05, 3.63) is 47.3 Å². The maximum Gasteiger partial charge on any atom is 0.240 e. The molecule has 1 aromatic carbocycles. The van der Waals surface area contributed by atoms with Gasteiger partial charge in [-0.05, 0) is 24.6 Å². The van der Waals surface area contributed by atoms with Crippen molar-refractivity contribution in [3.63, 3.8) is 0 Å². The summed E-state index contributed by atoms with van der Waals surface area (Å²) < 4.78 is 40.3. The number of H-pyrrole nitrogens is 1. The molecular formula is C12H15FN4O2S. The Morgan fingerprint density at radius 3 is 2.80 bits per heavy atom. The summed E-state index contributed by atoms with van der Waals surface area (Å²) in [7, 11) is -3.74. The van der Waals surface area contributed by atoms with Crippen molar-refractivity contribution in [1.29, 1.82) is 0 Å². The lowest BCUT2D eigenvalue weighted by Crippen LogP contribution is -2.24. The Hall–Kier alpha value is -1.77. The van der Waals surface area contributed by atoms with Crippen molar-refractivity contribution in [2.45, 2.75) is 24.9 Å². The zero-order valence-corrected chi connectivity index (χ0v) is 11.7. The average molecular weight is 298 g/mol. The minimum absolute atomic E-state index is 0.0107. The minimum Gasteiger partial charge on any atom is -0.347 e. The number of halogens is 1. The highest BCUT2D eigenvalue weighted by Gasteiger charge is 2.18. The molecule has 1 heterocycles. The van der Waals surface area contributed by atoms with Crippen LogP contribution in [0.2, 0.25) is 0 Å². The van der Waals surface area contributed by atoms with Crippen LogP contribution in [0.15, 0.2) is 29.4 Å². The Morgan fingerprint density at radius 2 is 2.20 bits per heavy atom. The fourth-order valence-electron chi connectivity index (χ4n) is 1.75. The van der Waals surface area contributed by atoms with Crippen molar-refractivity contribution in [1.82, 2.24) is 14.7 Å². The summed E-state index contributed by atoms with van der Waals surface area (Å²) in [4.78, 5) is 6.69. The molecule has 0 amide bonds. The smallest absolute Gasteiger partial charge is 0.240 e. The van der Waals surface area contributed by atoms with E-state index in [0.717, 1.165) is 0 Å². The van der Waals surface area contributed by atoms with Gasteiger partial charge in [0.05, 0.1) is 11.4 Å². The molecule has 2 rings (SSSR count). The van der Waals surface area contributed by atoms with E-state index in [2.05, 4.69) is 14.7 Å². The van der Waals surface area contributed by atoms with E-state index in [1.165, 1.54) is 25.3 Å². The van der Waals surface area contributed by atoms with Crippen LogP contribution in [0.3, 0.4) is 0 Å². The Morgan fingerprint density at radius 1 is 1.45 bits per heavy atom. The fourth-order valence-corrected chi connectivity index (χ4v) is 2.87. The average Bonchev–Trinajstić information content (AvgIpc) is 2.92. The second kappa shape index (κ2) is 5.70. The summed E-state index contributed by atoms with van der Waals surface area (Å²) in [6.07, 6.45) is 3.12. The first kappa shape index (κ1) is 14.6. The SMILES string of the molecule is Cc1cc(S(=O)(=O)NCc2ncc[nH]2)cc(CN)c1F. The van der Waals surface area contributed by atoms with E-state index in [-0.39, 0.29) is 29.1 Å². The lowest BCUT2D eigenvalue weighted by molar-refractivity contribution is 0.576. The maximum atomic E-state index is 13.7. The Labute approximate surface area is 116 Å². The molecule has 0 bridgehead atoms. The third-order valence-electron chi connectivity index (χ3n) is 2.82. The summed E-state index contributed by atoms with van der Waals surface area (Å²) in [6.45, 7) is 1.47. The van der Waals surface area contributed by atoms with Gasteiger partial charge in [0.25, 0.3) is 0 Å². The number of hydrogen-bond donors (Lipinski definition) is 3. The van der Waals surface area contributed by atoms with Crippen molar-refractivity contribution >= 4 is 10.0 Å². The first-order valence-electron chi connectivity index (χ1n) is 5.91. The van der Waals surface area contributed by atoms with Crippen LogP contribution in [0.1, 0.15) is 17.0 Å². The molecule has 0 aliphatic carbocycles. The third kappa shape index (κ3) is 3.03. The van der Waals surface area contributed by atoms with Gasteiger partial charge < -0.3 is 10.7 Å². The molecule has 8 heteroatoms. The molecule has 0 unspecified atom stereocenters. The predicted octanol–water partition coefficient (Wildman–Crippen LogP) is 0.794. The molecule has 0 aliphatic rings. The topological polar surface area (TPSA) is 101 Å². The van der Waals surface area contributed by atoms with Gasteiger partial charge in [-0.1, -0.05) is 0 Å². The second-order valence-electron chi connectivity index (χ2n) is 4.28. The van der Waals surface area contributed by atoms with Gasteiger partial charge in [0.2, 0.25) is 10.0 Å². The number of nitrogens with two attached hydrogens (primary N) is 1. The van der Waals surface area contributed by atoms with Crippen LogP contribution >= 0.6 is 0 Å². The van der Waals surface area contributed by atoms with E-state index in [4.69, 9.17) is 5.73 Å². The van der Waals surface area contributed by atoms with Gasteiger partial charge in [0, 0.05) is 24.5 Å². The van der Waals surface area contributed by atoms with Crippen LogP contribution < -0.4 is 10.5 Å². The van der Waals surface area contributed by atoms with Crippen LogP contribution in [0.5, 0.6) is 0 Å². The summed E-state index contributed by atoms with van der Waals surface area (Å²) >= 11 is 0. The summed E-state index contributed by atoms with van der Waals surface area (Å²) in [5, 5.41) is 0. The number of nitrogens with one attached hydrogen (secondary N) is 2. The highest BCUT2D eigenvalue weighted by Crippen LogP contribution is 2.19. The van der Waals surface area contributed by atoms with E-state index in [1.54, 1.807) is 6.20 Å². The minimum atomic E-state index is -3.74. The van der Waals surface area contributed by atoms with Crippen LogP contribution in [-0.4, -0.2) is 18.4 Å². The van der Waals surface area contributed by atoms with Gasteiger partial charge in [0.15, 0.2) is 0 Å². The first-order chi connectivity index (χ1) is 9.44. The van der Waals surface area contributed by atoms with E-state index >= 15 is 0 Å². The van der Waals surface area contributed by atoms with Gasteiger partial charge in [-0.2, -0.15) is 0 Å². The molecule has 2 aromatic rings. The van der Waals surface area contributed by atoms with Gasteiger partial charge in [-0.25, -0.2) is 22.5 Å². The monoisotopic (exact) mass is 298 g/mol. The van der Waals surface area contributed by atoms with E-state index in [9.17, 15) is 12.8 Å². The number of rotatable bonds is 5. The normalized spacial score (nSPS) is 11.8. The zero-order valence-electron chi connectivity index (χ0n) is 10.9. The number of aromatic amines is 1. The largest absolute Gasteiger partial charge is 0.347 e. The third-order valence-corrected chi connectivity index (χ3v) is 4.20. The molecule has 0 radical (unpaired) electrons. The van der Waals surface area contributed by atoms with Gasteiger partial charge in [-0.15, -0.1) is 0 Å². The molecule has 4 N–H and O–H groups in total. The van der Waals surface area contributed by atoms with Crippen molar-refractivity contribution in [2.75, 3.05) is 0 Å².